The lowest BCUT2D eigenvalue weighted by Gasteiger charge is -2.22. The van der Waals surface area contributed by atoms with Crippen molar-refractivity contribution in [3.63, 3.8) is 0 Å². The van der Waals surface area contributed by atoms with Gasteiger partial charge in [0.1, 0.15) is 11.2 Å². The van der Waals surface area contributed by atoms with Gasteiger partial charge in [-0.3, -0.25) is 14.0 Å². The van der Waals surface area contributed by atoms with Gasteiger partial charge in [-0.15, -0.1) is 0 Å². The van der Waals surface area contributed by atoms with Crippen molar-refractivity contribution >= 4 is 29.5 Å². The van der Waals surface area contributed by atoms with Gasteiger partial charge in [-0.2, -0.15) is 0 Å². The standard InChI is InChI=1S/C18H15N3O4/c1-2-25-18(24)21(13-8-4-3-5-9-13)16-14(12-22)17(23)20-11-7-6-10-15(20)19-16/h3-12H,2H2,1H3. The van der Waals surface area contributed by atoms with Gasteiger partial charge in [-0.25, -0.2) is 14.7 Å². The molecule has 2 heterocycles. The molecule has 25 heavy (non-hydrogen) atoms. The molecule has 0 saturated heterocycles. The van der Waals surface area contributed by atoms with E-state index in [9.17, 15) is 14.4 Å². The number of carbonyl (C=O) groups excluding carboxylic acids is 2. The summed E-state index contributed by atoms with van der Waals surface area (Å²) in [6, 6.07) is 13.6. The summed E-state index contributed by atoms with van der Waals surface area (Å²) >= 11 is 0. The lowest BCUT2D eigenvalue weighted by atomic mass is 10.2. The van der Waals surface area contributed by atoms with Crippen LogP contribution in [0.4, 0.5) is 16.3 Å². The summed E-state index contributed by atoms with van der Waals surface area (Å²) in [6.45, 7) is 1.82. The largest absolute Gasteiger partial charge is 0.449 e. The number of carbonyl (C=O) groups is 2. The second-order valence-electron chi connectivity index (χ2n) is 5.07. The quantitative estimate of drug-likeness (QED) is 0.684. The minimum atomic E-state index is -0.719. The molecular formula is C18H15N3O4. The van der Waals surface area contributed by atoms with Gasteiger partial charge in [0.2, 0.25) is 0 Å². The molecule has 0 unspecified atom stereocenters. The van der Waals surface area contributed by atoms with Gasteiger partial charge in [-0.1, -0.05) is 24.3 Å². The molecule has 0 aliphatic rings. The predicted molar refractivity (Wildman–Crippen MR) is 92.5 cm³/mol. The van der Waals surface area contributed by atoms with Crippen LogP contribution in [0, 0.1) is 0 Å². The number of anilines is 2. The summed E-state index contributed by atoms with van der Waals surface area (Å²) in [5.74, 6) is -0.0594. The van der Waals surface area contributed by atoms with Crippen molar-refractivity contribution in [2.24, 2.45) is 0 Å². The smallest absolute Gasteiger partial charge is 0.420 e. The van der Waals surface area contributed by atoms with Crippen molar-refractivity contribution in [1.29, 1.82) is 0 Å². The van der Waals surface area contributed by atoms with Gasteiger partial charge in [-0.05, 0) is 31.2 Å². The molecule has 2 aromatic heterocycles. The Morgan fingerprint density at radius 1 is 1.20 bits per heavy atom. The molecule has 7 nitrogen and oxygen atoms in total. The molecule has 1 amide bonds. The number of ether oxygens (including phenoxy) is 1. The molecule has 3 rings (SSSR count). The Morgan fingerprint density at radius 2 is 1.92 bits per heavy atom. The zero-order chi connectivity index (χ0) is 17.8. The van der Waals surface area contributed by atoms with Gasteiger partial charge in [0.25, 0.3) is 5.56 Å². The first-order chi connectivity index (χ1) is 12.2. The number of aromatic nitrogens is 2. The Balaban J connectivity index is 2.30. The molecule has 0 radical (unpaired) electrons. The number of pyridine rings is 1. The fourth-order valence-electron chi connectivity index (χ4n) is 2.44. The molecule has 0 bridgehead atoms. The highest BCUT2D eigenvalue weighted by Gasteiger charge is 2.26. The maximum Gasteiger partial charge on any atom is 0.420 e. The predicted octanol–water partition coefficient (Wildman–Crippen LogP) is 2.80. The Bertz CT molecular complexity index is 983. The van der Waals surface area contributed by atoms with Crippen LogP contribution >= 0.6 is 0 Å². The second-order valence-corrected chi connectivity index (χ2v) is 5.07. The highest BCUT2D eigenvalue weighted by Crippen LogP contribution is 2.26. The third-order valence-electron chi connectivity index (χ3n) is 3.54. The van der Waals surface area contributed by atoms with Gasteiger partial charge < -0.3 is 4.74 Å². The monoisotopic (exact) mass is 337 g/mol. The molecule has 0 aliphatic heterocycles. The van der Waals surface area contributed by atoms with Crippen LogP contribution in [0.3, 0.4) is 0 Å². The third-order valence-corrected chi connectivity index (χ3v) is 3.54. The van der Waals surface area contributed by atoms with E-state index in [-0.39, 0.29) is 18.0 Å². The summed E-state index contributed by atoms with van der Waals surface area (Å²) in [5, 5.41) is 0. The summed E-state index contributed by atoms with van der Waals surface area (Å²) in [6.07, 6.45) is 1.20. The minimum absolute atomic E-state index is 0.0594. The van der Waals surface area contributed by atoms with E-state index in [4.69, 9.17) is 4.74 Å². The van der Waals surface area contributed by atoms with Crippen molar-refractivity contribution in [1.82, 2.24) is 9.38 Å². The number of fused-ring (bicyclic) bond motifs is 1. The van der Waals surface area contributed by atoms with Gasteiger partial charge in [0, 0.05) is 6.20 Å². The highest BCUT2D eigenvalue weighted by atomic mass is 16.6. The minimum Gasteiger partial charge on any atom is -0.449 e. The number of para-hydroxylation sites is 1. The van der Waals surface area contributed by atoms with Gasteiger partial charge in [0.05, 0.1) is 12.3 Å². The molecule has 7 heteroatoms. The van der Waals surface area contributed by atoms with Crippen LogP contribution in [-0.4, -0.2) is 28.4 Å². The van der Waals surface area contributed by atoms with E-state index < -0.39 is 11.7 Å². The molecule has 0 atom stereocenters. The number of rotatable bonds is 4. The van der Waals surface area contributed by atoms with Crippen LogP contribution in [0.1, 0.15) is 17.3 Å². The van der Waals surface area contributed by atoms with E-state index >= 15 is 0 Å². The highest BCUT2D eigenvalue weighted by molar-refractivity contribution is 5.99. The molecule has 3 aromatic rings. The number of aldehydes is 1. The van der Waals surface area contributed by atoms with Crippen LogP contribution in [0.5, 0.6) is 0 Å². The number of amides is 1. The van der Waals surface area contributed by atoms with Crippen LogP contribution < -0.4 is 10.5 Å². The molecule has 0 saturated carbocycles. The first kappa shape index (κ1) is 16.4. The van der Waals surface area contributed by atoms with Crippen LogP contribution in [0.15, 0.2) is 59.5 Å². The number of nitrogens with zero attached hydrogens (tertiary/aromatic N) is 3. The first-order valence-corrected chi connectivity index (χ1v) is 7.66. The zero-order valence-electron chi connectivity index (χ0n) is 13.5. The Morgan fingerprint density at radius 3 is 2.60 bits per heavy atom. The van der Waals surface area contributed by atoms with Crippen molar-refractivity contribution in [2.45, 2.75) is 6.92 Å². The Hall–Kier alpha value is -3.48. The van der Waals surface area contributed by atoms with E-state index in [1.165, 1.54) is 10.6 Å². The van der Waals surface area contributed by atoms with Crippen molar-refractivity contribution in [2.75, 3.05) is 11.5 Å². The fourth-order valence-corrected chi connectivity index (χ4v) is 2.44. The summed E-state index contributed by atoms with van der Waals surface area (Å²) < 4.78 is 6.34. The molecule has 1 aromatic carbocycles. The molecule has 0 N–H and O–H groups in total. The number of hydrogen-bond donors (Lipinski definition) is 0. The Labute approximate surface area is 143 Å². The second kappa shape index (κ2) is 6.96. The van der Waals surface area contributed by atoms with Crippen molar-refractivity contribution < 1.29 is 14.3 Å². The Kier molecular flexibility index (Phi) is 4.56. The lowest BCUT2D eigenvalue weighted by Crippen LogP contribution is -2.32. The summed E-state index contributed by atoms with van der Waals surface area (Å²) in [7, 11) is 0. The molecule has 126 valence electrons. The SMILES string of the molecule is CCOC(=O)N(c1ccccc1)c1nc2ccccn2c(=O)c1C=O. The first-order valence-electron chi connectivity index (χ1n) is 7.66. The summed E-state index contributed by atoms with van der Waals surface area (Å²) in [5.41, 5.74) is -0.0176. The van der Waals surface area contributed by atoms with Gasteiger partial charge >= 0.3 is 6.09 Å². The molecule has 0 fully saturated rings. The average molecular weight is 337 g/mol. The van der Waals surface area contributed by atoms with E-state index in [0.717, 1.165) is 4.90 Å². The topological polar surface area (TPSA) is 81.0 Å². The van der Waals surface area contributed by atoms with E-state index in [1.54, 1.807) is 55.5 Å². The average Bonchev–Trinajstić information content (AvgIpc) is 2.63. The molecule has 0 spiro atoms. The van der Waals surface area contributed by atoms with Crippen molar-refractivity contribution in [3.8, 4) is 0 Å². The molecule has 0 aliphatic carbocycles. The fraction of sp³-hybridized carbons (Fsp3) is 0.111. The maximum atomic E-state index is 12.6. The van der Waals surface area contributed by atoms with Crippen molar-refractivity contribution in [3.05, 3.63) is 70.6 Å². The van der Waals surface area contributed by atoms with Crippen LogP contribution in [-0.2, 0) is 4.74 Å². The zero-order valence-corrected chi connectivity index (χ0v) is 13.5. The van der Waals surface area contributed by atoms with Crippen LogP contribution in [0.25, 0.3) is 5.65 Å². The third kappa shape index (κ3) is 2.99. The summed E-state index contributed by atoms with van der Waals surface area (Å²) in [4.78, 5) is 42.2. The number of hydrogen-bond acceptors (Lipinski definition) is 5. The maximum absolute atomic E-state index is 12.6. The normalized spacial score (nSPS) is 10.4. The lowest BCUT2D eigenvalue weighted by molar-refractivity contribution is 0.112. The van der Waals surface area contributed by atoms with Gasteiger partial charge in [0.15, 0.2) is 12.1 Å². The van der Waals surface area contributed by atoms with Crippen LogP contribution in [0.2, 0.25) is 0 Å². The number of benzene rings is 1. The van der Waals surface area contributed by atoms with E-state index in [2.05, 4.69) is 4.98 Å². The van der Waals surface area contributed by atoms with E-state index in [0.29, 0.717) is 17.6 Å². The van der Waals surface area contributed by atoms with E-state index in [1.807, 2.05) is 0 Å². The molecular weight excluding hydrogens is 322 g/mol.